The summed E-state index contributed by atoms with van der Waals surface area (Å²) in [5.41, 5.74) is -0.658. The third-order valence-corrected chi connectivity index (χ3v) is 3.23. The van der Waals surface area contributed by atoms with Crippen molar-refractivity contribution in [1.29, 1.82) is 0 Å². The fourth-order valence-corrected chi connectivity index (χ4v) is 1.04. The van der Waals surface area contributed by atoms with Crippen LogP contribution in [0, 0.1) is 37.5 Å². The Morgan fingerprint density at radius 3 is 0.963 bits per heavy atom. The van der Waals surface area contributed by atoms with E-state index >= 15 is 0 Å². The monoisotopic (exact) mass is 472 g/mol. The van der Waals surface area contributed by atoms with Crippen molar-refractivity contribution in [2.75, 3.05) is 0 Å². The molecule has 2 N–H and O–H groups in total. The maximum absolute atomic E-state index is 11.2. The molecule has 27 heavy (non-hydrogen) atoms. The van der Waals surface area contributed by atoms with Gasteiger partial charge in [0.15, 0.2) is 11.6 Å². The van der Waals surface area contributed by atoms with Crippen LogP contribution in [0.4, 0.5) is 0 Å². The molecule has 0 rings (SSSR count). The van der Waals surface area contributed by atoms with E-state index in [4.69, 9.17) is 0 Å². The Kier molecular flexibility index (Phi) is 20.5. The molecule has 0 bridgehead atoms. The Bertz CT molecular complexity index is 441. The molecule has 0 amide bonds. The molecule has 4 nitrogen and oxygen atoms in total. The molecule has 0 aromatic heterocycles. The first kappa shape index (κ1) is 36.9. The summed E-state index contributed by atoms with van der Waals surface area (Å²) in [5, 5.41) is 18.9. The van der Waals surface area contributed by atoms with Crippen molar-refractivity contribution >= 4 is 11.6 Å². The predicted molar refractivity (Wildman–Crippen MR) is 113 cm³/mol. The van der Waals surface area contributed by atoms with E-state index in [0.717, 1.165) is 0 Å². The first-order valence-electron chi connectivity index (χ1n) is 8.40. The maximum atomic E-state index is 11.2. The van der Waals surface area contributed by atoms with Crippen LogP contribution in [0.25, 0.3) is 0 Å². The number of hydrogen-bond donors (Lipinski definition) is 2. The molecule has 0 aliphatic carbocycles. The second kappa shape index (κ2) is 15.0. The fraction of sp³-hybridized carbons (Fsp3) is 0.636. The van der Waals surface area contributed by atoms with Gasteiger partial charge in [-0.25, -0.2) is 0 Å². The summed E-state index contributed by atoms with van der Waals surface area (Å²) >= 11 is 0. The minimum atomic E-state index is -0.329. The van der Waals surface area contributed by atoms with E-state index < -0.39 is 0 Å². The summed E-state index contributed by atoms with van der Waals surface area (Å²) in [5.74, 6) is 0.163. The summed E-state index contributed by atoms with van der Waals surface area (Å²) in [6.45, 7) is 18.5. The molecule has 0 atom stereocenters. The Morgan fingerprint density at radius 2 is 0.852 bits per heavy atom. The van der Waals surface area contributed by atoms with Gasteiger partial charge in [-0.2, -0.15) is 0 Å². The Hall–Kier alpha value is -0.957. The number of aliphatic hydroxyl groups is 2. The average molecular weight is 472 g/mol. The third kappa shape index (κ3) is 18.2. The summed E-state index contributed by atoms with van der Waals surface area (Å²) < 4.78 is 0. The zero-order chi connectivity index (χ0) is 19.9. The van der Waals surface area contributed by atoms with Crippen LogP contribution in [0.1, 0.15) is 69.2 Å². The first-order valence-corrected chi connectivity index (χ1v) is 8.40. The second-order valence-electron chi connectivity index (χ2n) is 8.67. The molecule has 0 spiro atoms. The zero-order valence-electron chi connectivity index (χ0n) is 19.4. The van der Waals surface area contributed by atoms with Crippen LogP contribution in [-0.2, 0) is 29.1 Å². The molecule has 0 aromatic rings. The molecule has 5 heteroatoms. The molecule has 0 saturated heterocycles. The smallest absolute Gasteiger partial charge is 0.512 e. The number of aliphatic hydroxyl groups excluding tert-OH is 2. The molecule has 0 aliphatic heterocycles. The number of rotatable bonds is 4. The summed E-state index contributed by atoms with van der Waals surface area (Å²) in [6, 6.07) is 0. The van der Waals surface area contributed by atoms with Crippen molar-refractivity contribution in [2.24, 2.45) is 22.7 Å². The van der Waals surface area contributed by atoms with Gasteiger partial charge in [-0.15, -0.1) is 0 Å². The molecular formula is C22H42O4Ru. The van der Waals surface area contributed by atoms with Gasteiger partial charge in [0.1, 0.15) is 11.5 Å². The number of ketones is 2. The van der Waals surface area contributed by atoms with Crippen LogP contribution < -0.4 is 0 Å². The number of carbonyl (C=O) groups is 2. The van der Waals surface area contributed by atoms with E-state index in [-0.39, 0.29) is 80.1 Å². The Labute approximate surface area is 181 Å². The Morgan fingerprint density at radius 1 is 0.667 bits per heavy atom. The maximum Gasteiger partial charge on any atom is 2.00 e. The van der Waals surface area contributed by atoms with E-state index in [1.807, 2.05) is 69.2 Å². The van der Waals surface area contributed by atoms with Crippen LogP contribution in [0.5, 0.6) is 0 Å². The van der Waals surface area contributed by atoms with Crippen LogP contribution in [0.2, 0.25) is 0 Å². The summed E-state index contributed by atoms with van der Waals surface area (Å²) in [7, 11) is 0. The average Bonchev–Trinajstić information content (AvgIpc) is 2.36. The van der Waals surface area contributed by atoms with Crippen molar-refractivity contribution in [2.45, 2.75) is 69.2 Å². The largest absolute Gasteiger partial charge is 2.00 e. The number of allylic oxidation sites excluding steroid dienone is 4. The molecule has 0 saturated carbocycles. The molecular weight excluding hydrogens is 429 g/mol. The van der Waals surface area contributed by atoms with E-state index in [2.05, 4.69) is 0 Å². The minimum absolute atomic E-state index is 0. The van der Waals surface area contributed by atoms with Crippen molar-refractivity contribution in [1.82, 2.24) is 0 Å². The van der Waals surface area contributed by atoms with Crippen molar-refractivity contribution in [3.05, 3.63) is 38.5 Å². The van der Waals surface area contributed by atoms with Crippen LogP contribution in [0.15, 0.2) is 23.7 Å². The van der Waals surface area contributed by atoms with Gasteiger partial charge in [0.25, 0.3) is 0 Å². The quantitative estimate of drug-likeness (QED) is 0.218. The molecule has 0 heterocycles. The first-order chi connectivity index (χ1) is 10.5. The second-order valence-corrected chi connectivity index (χ2v) is 8.67. The van der Waals surface area contributed by atoms with Crippen molar-refractivity contribution in [3.8, 4) is 0 Å². The molecule has 162 valence electrons. The molecule has 0 aliphatic rings. The number of hydrogen-bond acceptors (Lipinski definition) is 4. The van der Waals surface area contributed by atoms with Gasteiger partial charge in [0.05, 0.1) is 0 Å². The summed E-state index contributed by atoms with van der Waals surface area (Å²) in [4.78, 5) is 22.3. The van der Waals surface area contributed by atoms with Gasteiger partial charge in [-0.05, 0) is 0 Å². The van der Waals surface area contributed by atoms with Crippen LogP contribution >= 0.6 is 0 Å². The normalized spacial score (nSPS) is 12.1. The Balaban J connectivity index is -0.000000108. The minimum Gasteiger partial charge on any atom is -0.512 e. The van der Waals surface area contributed by atoms with E-state index in [1.54, 1.807) is 0 Å². The predicted octanol–water partition coefficient (Wildman–Crippen LogP) is 6.30. The van der Waals surface area contributed by atoms with Gasteiger partial charge in [-0.1, -0.05) is 69.2 Å². The molecule has 0 fully saturated rings. The standard InChI is InChI=1S/2C10H18O2.2CH3.Ru/c2*1-7(2)8(11)6-9(12)10(3,4)5;;;/h2*6-7,12H,1-5H3;2*1H3;/q;;2*-1;+2/b2*9-6-;;;. The van der Waals surface area contributed by atoms with E-state index in [9.17, 15) is 19.8 Å². The number of carbonyl (C=O) groups excluding carboxylic acids is 2. The van der Waals surface area contributed by atoms with Crippen LogP contribution in [-0.4, -0.2) is 21.8 Å². The SMILES string of the molecule is CC(C)C(=O)/C=C(\O)C(C)(C)C.CC(C)C(=O)/C=C(\O)C(C)(C)C.[CH3-].[CH3-].[Ru+2]. The third-order valence-electron chi connectivity index (χ3n) is 3.23. The van der Waals surface area contributed by atoms with Crippen molar-refractivity contribution < 1.29 is 39.3 Å². The van der Waals surface area contributed by atoms with Gasteiger partial charge < -0.3 is 25.1 Å². The van der Waals surface area contributed by atoms with Gasteiger partial charge in [0, 0.05) is 34.8 Å². The molecule has 0 aromatic carbocycles. The zero-order valence-corrected chi connectivity index (χ0v) is 21.1. The topological polar surface area (TPSA) is 74.6 Å². The van der Waals surface area contributed by atoms with E-state index in [1.165, 1.54) is 12.2 Å². The van der Waals surface area contributed by atoms with Gasteiger partial charge in [0.2, 0.25) is 0 Å². The van der Waals surface area contributed by atoms with Gasteiger partial charge in [-0.3, -0.25) is 9.59 Å². The van der Waals surface area contributed by atoms with Crippen LogP contribution in [0.3, 0.4) is 0 Å². The van der Waals surface area contributed by atoms with E-state index in [0.29, 0.717) is 0 Å². The molecule has 0 radical (unpaired) electrons. The molecule has 0 unspecified atom stereocenters. The van der Waals surface area contributed by atoms with Crippen molar-refractivity contribution in [3.63, 3.8) is 0 Å². The fourth-order valence-electron chi connectivity index (χ4n) is 1.04. The van der Waals surface area contributed by atoms with Gasteiger partial charge >= 0.3 is 19.5 Å². The summed E-state index contributed by atoms with van der Waals surface area (Å²) in [6.07, 6.45) is 2.65.